The molecule has 190 valence electrons. The van der Waals surface area contributed by atoms with Gasteiger partial charge in [0.15, 0.2) is 5.69 Å². The normalized spacial score (nSPS) is 14.4. The van der Waals surface area contributed by atoms with E-state index in [4.69, 9.17) is 11.6 Å². The Hall–Kier alpha value is -3.33. The molecule has 1 unspecified atom stereocenters. The largest absolute Gasteiger partial charge is 0.435 e. The fourth-order valence-corrected chi connectivity index (χ4v) is 4.29. The highest BCUT2D eigenvalue weighted by Crippen LogP contribution is 2.34. The summed E-state index contributed by atoms with van der Waals surface area (Å²) in [5.41, 5.74) is 0.524. The Labute approximate surface area is 211 Å². The Morgan fingerprint density at radius 1 is 1.17 bits per heavy atom. The van der Waals surface area contributed by atoms with E-state index in [9.17, 15) is 22.8 Å². The molecule has 1 saturated carbocycles. The molecule has 1 aliphatic carbocycles. The number of aryl methyl sites for hydroxylation is 2. The molecule has 0 spiro atoms. The van der Waals surface area contributed by atoms with Crippen molar-refractivity contribution in [1.82, 2.24) is 15.1 Å². The maximum atomic E-state index is 13.5. The Morgan fingerprint density at radius 2 is 1.86 bits per heavy atom. The van der Waals surface area contributed by atoms with Crippen molar-refractivity contribution in [2.24, 2.45) is 5.92 Å². The molecular formula is C26H26ClF3N4O2. The van der Waals surface area contributed by atoms with Gasteiger partial charge in [-0.2, -0.15) is 18.3 Å². The first kappa shape index (κ1) is 25.8. The molecule has 1 aromatic heterocycles. The number of carbonyl (C=O) groups is 2. The number of hydrogen-bond donors (Lipinski definition) is 2. The van der Waals surface area contributed by atoms with Gasteiger partial charge in [0.1, 0.15) is 5.69 Å². The summed E-state index contributed by atoms with van der Waals surface area (Å²) < 4.78 is 41.4. The molecule has 3 aromatic rings. The summed E-state index contributed by atoms with van der Waals surface area (Å²) >= 11 is 6.20. The van der Waals surface area contributed by atoms with E-state index in [2.05, 4.69) is 15.7 Å². The Balaban J connectivity index is 1.74. The van der Waals surface area contributed by atoms with Crippen molar-refractivity contribution in [2.45, 2.75) is 52.3 Å². The topological polar surface area (TPSA) is 76.0 Å². The highest BCUT2D eigenvalue weighted by atomic mass is 35.5. The maximum Gasteiger partial charge on any atom is 0.435 e. The van der Waals surface area contributed by atoms with Gasteiger partial charge < -0.3 is 10.6 Å². The number of anilines is 1. The van der Waals surface area contributed by atoms with E-state index >= 15 is 0 Å². The lowest BCUT2D eigenvalue weighted by molar-refractivity contribution is -0.141. The average Bonchev–Trinajstić information content (AvgIpc) is 3.57. The van der Waals surface area contributed by atoms with Gasteiger partial charge in [-0.05, 0) is 68.4 Å². The molecule has 2 amide bonds. The molecule has 0 radical (unpaired) electrons. The number of hydrogen-bond acceptors (Lipinski definition) is 3. The lowest BCUT2D eigenvalue weighted by Crippen LogP contribution is -2.35. The summed E-state index contributed by atoms with van der Waals surface area (Å²) in [5, 5.41) is 9.39. The van der Waals surface area contributed by atoms with Gasteiger partial charge in [0.2, 0.25) is 0 Å². The maximum absolute atomic E-state index is 13.5. The van der Waals surface area contributed by atoms with Crippen molar-refractivity contribution in [3.8, 4) is 5.69 Å². The summed E-state index contributed by atoms with van der Waals surface area (Å²) in [4.78, 5) is 26.5. The average molecular weight is 519 g/mol. The first-order valence-corrected chi connectivity index (χ1v) is 12.0. The third kappa shape index (κ3) is 5.41. The van der Waals surface area contributed by atoms with Crippen molar-refractivity contribution in [2.75, 3.05) is 5.32 Å². The number of para-hydroxylation sites is 1. The summed E-state index contributed by atoms with van der Waals surface area (Å²) in [5.74, 6) is -0.776. The van der Waals surface area contributed by atoms with Gasteiger partial charge in [0.25, 0.3) is 11.8 Å². The number of aromatic nitrogens is 2. The molecule has 2 N–H and O–H groups in total. The van der Waals surface area contributed by atoms with E-state index < -0.39 is 17.8 Å². The van der Waals surface area contributed by atoms with Gasteiger partial charge in [0.05, 0.1) is 22.0 Å². The molecule has 2 aromatic carbocycles. The molecule has 10 heteroatoms. The molecule has 6 nitrogen and oxygen atoms in total. The fraction of sp³-hybridized carbons (Fsp3) is 0.346. The van der Waals surface area contributed by atoms with E-state index in [1.165, 1.54) is 12.1 Å². The summed E-state index contributed by atoms with van der Waals surface area (Å²) in [6, 6.07) is 10.3. The highest BCUT2D eigenvalue weighted by molar-refractivity contribution is 6.32. The van der Waals surface area contributed by atoms with Crippen LogP contribution in [0.1, 0.15) is 64.4 Å². The number of amides is 2. The van der Waals surface area contributed by atoms with Crippen LogP contribution in [0.5, 0.6) is 0 Å². The molecule has 0 bridgehead atoms. The van der Waals surface area contributed by atoms with Crippen molar-refractivity contribution in [3.63, 3.8) is 0 Å². The second-order valence-corrected chi connectivity index (χ2v) is 9.43. The van der Waals surface area contributed by atoms with Gasteiger partial charge >= 0.3 is 6.18 Å². The van der Waals surface area contributed by atoms with Crippen LogP contribution in [0.15, 0.2) is 42.5 Å². The SMILES string of the molecule is CCc1cc(C)c(NC(=O)c2cc(C(F)(F)F)nn2-c2ccccc2Cl)c(C(=O)NC(C)C2CC2)c1. The zero-order chi connectivity index (χ0) is 26.2. The molecule has 1 fully saturated rings. The van der Waals surface area contributed by atoms with Crippen LogP contribution in [0.2, 0.25) is 5.02 Å². The van der Waals surface area contributed by atoms with E-state index in [0.29, 0.717) is 24.0 Å². The first-order chi connectivity index (χ1) is 17.0. The van der Waals surface area contributed by atoms with Crippen molar-refractivity contribution in [3.05, 3.63) is 75.6 Å². The number of alkyl halides is 3. The van der Waals surface area contributed by atoms with Crippen molar-refractivity contribution < 1.29 is 22.8 Å². The van der Waals surface area contributed by atoms with Crippen LogP contribution in [0.25, 0.3) is 5.69 Å². The van der Waals surface area contributed by atoms with Crippen molar-refractivity contribution in [1.29, 1.82) is 0 Å². The fourth-order valence-electron chi connectivity index (χ4n) is 4.08. The molecule has 1 atom stereocenters. The van der Waals surface area contributed by atoms with Gasteiger partial charge in [-0.15, -0.1) is 0 Å². The molecule has 4 rings (SSSR count). The zero-order valence-corrected chi connectivity index (χ0v) is 20.8. The number of nitrogens with zero attached hydrogens (tertiary/aromatic N) is 2. The van der Waals surface area contributed by atoms with Crippen LogP contribution in [0.3, 0.4) is 0 Å². The quantitative estimate of drug-likeness (QED) is 0.391. The summed E-state index contributed by atoms with van der Waals surface area (Å²) in [6.07, 6.45) is -2.01. The third-order valence-electron chi connectivity index (χ3n) is 6.29. The van der Waals surface area contributed by atoms with Gasteiger partial charge in [-0.1, -0.05) is 36.7 Å². The summed E-state index contributed by atoms with van der Waals surface area (Å²) in [6.45, 7) is 5.62. The molecule has 0 aliphatic heterocycles. The molecule has 1 heterocycles. The predicted molar refractivity (Wildman–Crippen MR) is 132 cm³/mol. The minimum atomic E-state index is -4.77. The van der Waals surface area contributed by atoms with Crippen LogP contribution in [0.4, 0.5) is 18.9 Å². The molecule has 36 heavy (non-hydrogen) atoms. The van der Waals surface area contributed by atoms with Crippen molar-refractivity contribution >= 4 is 29.1 Å². The minimum Gasteiger partial charge on any atom is -0.349 e. The van der Waals surface area contributed by atoms with E-state index in [1.807, 2.05) is 19.9 Å². The predicted octanol–water partition coefficient (Wildman–Crippen LogP) is 6.20. The van der Waals surface area contributed by atoms with Crippen LogP contribution in [0, 0.1) is 12.8 Å². The van der Waals surface area contributed by atoms with E-state index in [0.717, 1.165) is 23.1 Å². The number of carbonyl (C=O) groups excluding carboxylic acids is 2. The second kappa shape index (κ2) is 9.97. The lowest BCUT2D eigenvalue weighted by Gasteiger charge is -2.18. The Morgan fingerprint density at radius 3 is 2.47 bits per heavy atom. The van der Waals surface area contributed by atoms with Crippen LogP contribution in [-0.2, 0) is 12.6 Å². The van der Waals surface area contributed by atoms with Crippen LogP contribution < -0.4 is 10.6 Å². The van der Waals surface area contributed by atoms with Crippen LogP contribution >= 0.6 is 11.6 Å². The number of benzene rings is 2. The number of halogens is 4. The zero-order valence-electron chi connectivity index (χ0n) is 20.0. The van der Waals surface area contributed by atoms with Crippen LogP contribution in [-0.4, -0.2) is 27.6 Å². The molecule has 1 aliphatic rings. The van der Waals surface area contributed by atoms with Gasteiger partial charge in [0, 0.05) is 12.1 Å². The lowest BCUT2D eigenvalue weighted by atomic mass is 10.0. The third-order valence-corrected chi connectivity index (χ3v) is 6.61. The van der Waals surface area contributed by atoms with Gasteiger partial charge in [-0.25, -0.2) is 4.68 Å². The van der Waals surface area contributed by atoms with E-state index in [-0.39, 0.29) is 39.6 Å². The molecule has 0 saturated heterocycles. The Kier molecular flexibility index (Phi) is 7.13. The number of rotatable bonds is 7. The second-order valence-electron chi connectivity index (χ2n) is 9.02. The molecular weight excluding hydrogens is 493 g/mol. The highest BCUT2D eigenvalue weighted by Gasteiger charge is 2.37. The monoisotopic (exact) mass is 518 g/mol. The Bertz CT molecular complexity index is 1320. The smallest absolute Gasteiger partial charge is 0.349 e. The van der Waals surface area contributed by atoms with Gasteiger partial charge in [-0.3, -0.25) is 9.59 Å². The standard InChI is InChI=1S/C26H26ClF3N4O2/c1-4-16-11-14(2)23(18(12-16)24(35)31-15(3)17-9-10-17)32-25(36)21-13-22(26(28,29)30)33-34(21)20-8-6-5-7-19(20)27/h5-8,11-13,15,17H,4,9-10H2,1-3H3,(H,31,35)(H,32,36). The number of nitrogens with one attached hydrogen (secondary N) is 2. The van der Waals surface area contributed by atoms with E-state index in [1.54, 1.807) is 25.1 Å². The first-order valence-electron chi connectivity index (χ1n) is 11.7. The minimum absolute atomic E-state index is 0.0253. The summed E-state index contributed by atoms with van der Waals surface area (Å²) in [7, 11) is 0.